The van der Waals surface area contributed by atoms with Gasteiger partial charge in [-0.15, -0.1) is 0 Å². The molecule has 0 aliphatic rings. The van der Waals surface area contributed by atoms with Crippen LogP contribution in [0.4, 0.5) is 4.39 Å². The zero-order valence-electron chi connectivity index (χ0n) is 11.1. The van der Waals surface area contributed by atoms with Crippen molar-refractivity contribution >= 4 is 29.0 Å². The Balaban J connectivity index is 2.33. The van der Waals surface area contributed by atoms with Crippen molar-refractivity contribution in [2.75, 3.05) is 0 Å². The summed E-state index contributed by atoms with van der Waals surface area (Å²) in [5.74, 6) is -0.898. The molecule has 0 saturated carbocycles. The van der Waals surface area contributed by atoms with E-state index < -0.39 is 5.82 Å². The number of halogens is 3. The van der Waals surface area contributed by atoms with Crippen LogP contribution in [0.5, 0.6) is 0 Å². The number of rotatable bonds is 4. The lowest BCUT2D eigenvalue weighted by molar-refractivity contribution is 0.0990. The van der Waals surface area contributed by atoms with Crippen LogP contribution in [0.3, 0.4) is 0 Å². The fraction of sp³-hybridized carbons (Fsp3) is 0.286. The van der Waals surface area contributed by atoms with E-state index >= 15 is 0 Å². The van der Waals surface area contributed by atoms with Gasteiger partial charge in [0.25, 0.3) is 0 Å². The van der Waals surface area contributed by atoms with Gasteiger partial charge in [-0.25, -0.2) is 4.39 Å². The number of hydrogen-bond acceptors (Lipinski definition) is 2. The first-order valence-electron chi connectivity index (χ1n) is 6.13. The van der Waals surface area contributed by atoms with Crippen molar-refractivity contribution in [3.05, 3.63) is 51.0 Å². The molecule has 2 rings (SSSR count). The number of aromatic nitrogens is 2. The van der Waals surface area contributed by atoms with Crippen LogP contribution in [0.1, 0.15) is 28.7 Å². The van der Waals surface area contributed by atoms with Gasteiger partial charge in [-0.1, -0.05) is 36.2 Å². The van der Waals surface area contributed by atoms with Crippen LogP contribution in [0.25, 0.3) is 0 Å². The quantitative estimate of drug-likeness (QED) is 0.803. The first-order chi connectivity index (χ1) is 9.45. The average molecular weight is 315 g/mol. The summed E-state index contributed by atoms with van der Waals surface area (Å²) in [6.45, 7) is 1.93. The predicted octanol–water partition coefficient (Wildman–Crippen LogP) is 3.85. The Morgan fingerprint density at radius 3 is 2.65 bits per heavy atom. The van der Waals surface area contributed by atoms with Gasteiger partial charge < -0.3 is 0 Å². The number of aryl methyl sites for hydroxylation is 2. The van der Waals surface area contributed by atoms with Crippen molar-refractivity contribution in [3.63, 3.8) is 0 Å². The summed E-state index contributed by atoms with van der Waals surface area (Å²) in [6.07, 6.45) is 0.715. The Morgan fingerprint density at radius 1 is 1.35 bits per heavy atom. The van der Waals surface area contributed by atoms with E-state index in [0.717, 1.165) is 5.69 Å². The highest BCUT2D eigenvalue weighted by molar-refractivity contribution is 6.34. The normalized spacial score (nSPS) is 10.8. The van der Waals surface area contributed by atoms with Gasteiger partial charge in [0.1, 0.15) is 5.82 Å². The van der Waals surface area contributed by atoms with Crippen LogP contribution in [0, 0.1) is 5.82 Å². The highest BCUT2D eigenvalue weighted by Gasteiger charge is 2.19. The van der Waals surface area contributed by atoms with Gasteiger partial charge in [0.2, 0.25) is 0 Å². The Kier molecular flexibility index (Phi) is 4.45. The molecule has 0 atom stereocenters. The number of benzene rings is 1. The molecule has 0 bridgehead atoms. The summed E-state index contributed by atoms with van der Waals surface area (Å²) >= 11 is 12.0. The molecule has 1 aromatic carbocycles. The van der Waals surface area contributed by atoms with Crippen molar-refractivity contribution in [2.45, 2.75) is 19.8 Å². The van der Waals surface area contributed by atoms with Crippen LogP contribution in [0.15, 0.2) is 18.2 Å². The largest absolute Gasteiger partial charge is 0.294 e. The number of nitrogens with zero attached hydrogens (tertiary/aromatic N) is 2. The van der Waals surface area contributed by atoms with Gasteiger partial charge in [-0.2, -0.15) is 5.10 Å². The zero-order valence-corrected chi connectivity index (χ0v) is 12.6. The van der Waals surface area contributed by atoms with Gasteiger partial charge in [0, 0.05) is 12.6 Å². The summed E-state index contributed by atoms with van der Waals surface area (Å²) in [7, 11) is 1.72. The van der Waals surface area contributed by atoms with Crippen molar-refractivity contribution in [1.29, 1.82) is 0 Å². The summed E-state index contributed by atoms with van der Waals surface area (Å²) in [5, 5.41) is 4.56. The van der Waals surface area contributed by atoms with Gasteiger partial charge in [-0.05, 0) is 18.6 Å². The number of Topliss-reactive ketones (excluding diaryl/α,β-unsaturated/α-hetero) is 1. The fourth-order valence-electron chi connectivity index (χ4n) is 1.98. The number of hydrogen-bond donors (Lipinski definition) is 0. The molecule has 0 amide bonds. The van der Waals surface area contributed by atoms with Gasteiger partial charge in [0.15, 0.2) is 5.78 Å². The smallest absolute Gasteiger partial charge is 0.170 e. The second kappa shape index (κ2) is 5.94. The van der Waals surface area contributed by atoms with Gasteiger partial charge in [-0.3, -0.25) is 9.48 Å². The van der Waals surface area contributed by atoms with Gasteiger partial charge >= 0.3 is 0 Å². The maximum atomic E-state index is 13.4. The molecule has 0 unspecified atom stereocenters. The van der Waals surface area contributed by atoms with Crippen LogP contribution in [0.2, 0.25) is 10.0 Å². The molecular formula is C14H13Cl2FN2O. The third-order valence-corrected chi connectivity index (χ3v) is 3.90. The summed E-state index contributed by atoms with van der Waals surface area (Å²) in [5.41, 5.74) is 1.50. The molecule has 106 valence electrons. The number of carbonyl (C=O) groups is 1. The van der Waals surface area contributed by atoms with E-state index in [1.165, 1.54) is 18.2 Å². The molecule has 0 radical (unpaired) electrons. The fourth-order valence-corrected chi connectivity index (χ4v) is 2.57. The third kappa shape index (κ3) is 2.72. The lowest BCUT2D eigenvalue weighted by Crippen LogP contribution is -2.09. The van der Waals surface area contributed by atoms with E-state index in [9.17, 15) is 9.18 Å². The topological polar surface area (TPSA) is 34.9 Å². The standard InChI is InChI=1S/C14H13Cl2FN2O/c1-3-10-14(16)11(19(2)18-10)7-12(20)8-5-4-6-9(17)13(8)15/h4-6H,3,7H2,1-2H3. The van der Waals surface area contributed by atoms with Crippen molar-refractivity contribution < 1.29 is 9.18 Å². The van der Waals surface area contributed by atoms with Crippen LogP contribution in [-0.2, 0) is 19.9 Å². The summed E-state index contributed by atoms with van der Waals surface area (Å²) in [4.78, 5) is 12.2. The molecule has 6 heteroatoms. The van der Waals surface area contributed by atoms with E-state index in [0.29, 0.717) is 17.1 Å². The van der Waals surface area contributed by atoms with E-state index in [-0.39, 0.29) is 22.8 Å². The Hall–Kier alpha value is -1.39. The number of ketones is 1. The molecule has 3 nitrogen and oxygen atoms in total. The highest BCUT2D eigenvalue weighted by Crippen LogP contribution is 2.25. The molecule has 0 spiro atoms. The second-order valence-corrected chi connectivity index (χ2v) is 5.14. The van der Waals surface area contributed by atoms with E-state index in [1.807, 2.05) is 6.92 Å². The molecule has 1 heterocycles. The SMILES string of the molecule is CCc1nn(C)c(CC(=O)c2cccc(F)c2Cl)c1Cl. The molecule has 0 aliphatic carbocycles. The van der Waals surface area contributed by atoms with Crippen molar-refractivity contribution in [1.82, 2.24) is 9.78 Å². The molecule has 2 aromatic rings. The molecule has 20 heavy (non-hydrogen) atoms. The second-order valence-electron chi connectivity index (χ2n) is 4.39. The monoisotopic (exact) mass is 314 g/mol. The Morgan fingerprint density at radius 2 is 2.05 bits per heavy atom. The van der Waals surface area contributed by atoms with Crippen LogP contribution in [-0.4, -0.2) is 15.6 Å². The lowest BCUT2D eigenvalue weighted by Gasteiger charge is -2.05. The minimum absolute atomic E-state index is 0.0332. The third-order valence-electron chi connectivity index (χ3n) is 3.08. The lowest BCUT2D eigenvalue weighted by atomic mass is 10.1. The Bertz CT molecular complexity index is 667. The molecule has 0 saturated heterocycles. The summed E-state index contributed by atoms with van der Waals surface area (Å²) < 4.78 is 14.9. The first kappa shape index (κ1) is 15.0. The van der Waals surface area contributed by atoms with E-state index in [2.05, 4.69) is 5.10 Å². The van der Waals surface area contributed by atoms with E-state index in [4.69, 9.17) is 23.2 Å². The minimum atomic E-state index is -0.608. The molecule has 0 aliphatic heterocycles. The predicted molar refractivity (Wildman–Crippen MR) is 77.0 cm³/mol. The average Bonchev–Trinajstić information content (AvgIpc) is 2.69. The van der Waals surface area contributed by atoms with Crippen LogP contribution < -0.4 is 0 Å². The first-order valence-corrected chi connectivity index (χ1v) is 6.88. The van der Waals surface area contributed by atoms with Crippen molar-refractivity contribution in [3.8, 4) is 0 Å². The highest BCUT2D eigenvalue weighted by atomic mass is 35.5. The minimum Gasteiger partial charge on any atom is -0.294 e. The van der Waals surface area contributed by atoms with Crippen LogP contribution >= 0.6 is 23.2 Å². The Labute approximate surface area is 126 Å². The van der Waals surface area contributed by atoms with Crippen molar-refractivity contribution in [2.24, 2.45) is 7.05 Å². The molecule has 0 N–H and O–H groups in total. The molecular weight excluding hydrogens is 302 g/mol. The number of carbonyl (C=O) groups excluding carboxylic acids is 1. The summed E-state index contributed by atoms with van der Waals surface area (Å²) in [6, 6.07) is 4.17. The maximum Gasteiger partial charge on any atom is 0.170 e. The van der Waals surface area contributed by atoms with E-state index in [1.54, 1.807) is 11.7 Å². The van der Waals surface area contributed by atoms with Gasteiger partial charge in [0.05, 0.1) is 27.9 Å². The zero-order chi connectivity index (χ0) is 14.9. The maximum absolute atomic E-state index is 13.4. The molecule has 1 aromatic heterocycles. The molecule has 0 fully saturated rings.